The van der Waals surface area contributed by atoms with Crippen molar-refractivity contribution in [3.05, 3.63) is 23.9 Å². The number of rotatable bonds is 6. The van der Waals surface area contributed by atoms with Crippen molar-refractivity contribution in [3.8, 4) is 0 Å². The average Bonchev–Trinajstić information content (AvgIpc) is 2.48. The summed E-state index contributed by atoms with van der Waals surface area (Å²) in [5.41, 5.74) is 0.947. The number of amides is 2. The van der Waals surface area contributed by atoms with Gasteiger partial charge in [-0.15, -0.1) is 0 Å². The van der Waals surface area contributed by atoms with Crippen molar-refractivity contribution in [1.29, 1.82) is 0 Å². The molecule has 114 valence electrons. The molecule has 2 rings (SSSR count). The third-order valence-electron chi connectivity index (χ3n) is 3.36. The number of nitrogens with one attached hydrogen (secondary N) is 2. The van der Waals surface area contributed by atoms with Gasteiger partial charge < -0.3 is 15.0 Å². The average molecular weight is 292 g/mol. The number of piperazine rings is 1. The van der Waals surface area contributed by atoms with Gasteiger partial charge in [-0.05, 0) is 13.0 Å². The number of ether oxygens (including phenoxy) is 1. The van der Waals surface area contributed by atoms with Crippen molar-refractivity contribution in [2.24, 2.45) is 0 Å². The Balaban J connectivity index is 2.14. The SMILES string of the molecule is COCCNCc1cccnc1N1CC(=O)NC(=O)C1C. The molecule has 1 saturated heterocycles. The fraction of sp³-hybridized carbons (Fsp3) is 0.500. The number of aromatic nitrogens is 1. The monoisotopic (exact) mass is 292 g/mol. The second kappa shape index (κ2) is 7.14. The Bertz CT molecular complexity index is 521. The van der Waals surface area contributed by atoms with Crippen molar-refractivity contribution < 1.29 is 14.3 Å². The van der Waals surface area contributed by atoms with E-state index in [4.69, 9.17) is 4.74 Å². The number of methoxy groups -OCH3 is 1. The summed E-state index contributed by atoms with van der Waals surface area (Å²) in [6.45, 7) is 3.84. The standard InChI is InChI=1S/C14H20N4O3/c1-10-14(20)17-12(19)9-18(10)13-11(4-3-5-16-13)8-15-6-7-21-2/h3-5,10,15H,6-9H2,1-2H3,(H,17,19,20). The molecule has 2 N–H and O–H groups in total. The van der Waals surface area contributed by atoms with E-state index in [-0.39, 0.29) is 18.4 Å². The first-order chi connectivity index (χ1) is 10.1. The molecule has 0 aliphatic carbocycles. The van der Waals surface area contributed by atoms with Gasteiger partial charge in [-0.1, -0.05) is 6.07 Å². The summed E-state index contributed by atoms with van der Waals surface area (Å²) in [5.74, 6) is 0.0651. The summed E-state index contributed by atoms with van der Waals surface area (Å²) in [7, 11) is 1.65. The third-order valence-corrected chi connectivity index (χ3v) is 3.36. The molecule has 7 heteroatoms. The summed E-state index contributed by atoms with van der Waals surface area (Å²) >= 11 is 0. The Morgan fingerprint density at radius 3 is 3.10 bits per heavy atom. The van der Waals surface area contributed by atoms with E-state index in [1.807, 2.05) is 12.1 Å². The molecule has 1 aliphatic heterocycles. The zero-order chi connectivity index (χ0) is 15.2. The van der Waals surface area contributed by atoms with Crippen molar-refractivity contribution >= 4 is 17.6 Å². The van der Waals surface area contributed by atoms with E-state index in [9.17, 15) is 9.59 Å². The molecule has 0 bridgehead atoms. The number of imide groups is 1. The van der Waals surface area contributed by atoms with Gasteiger partial charge in [-0.2, -0.15) is 0 Å². The van der Waals surface area contributed by atoms with Crippen LogP contribution in [0.4, 0.5) is 5.82 Å². The smallest absolute Gasteiger partial charge is 0.249 e. The Morgan fingerprint density at radius 2 is 2.33 bits per heavy atom. The number of hydrogen-bond acceptors (Lipinski definition) is 6. The van der Waals surface area contributed by atoms with Crippen LogP contribution in [0, 0.1) is 0 Å². The Hall–Kier alpha value is -1.99. The largest absolute Gasteiger partial charge is 0.383 e. The highest BCUT2D eigenvalue weighted by atomic mass is 16.5. The first-order valence-electron chi connectivity index (χ1n) is 6.87. The van der Waals surface area contributed by atoms with Gasteiger partial charge in [0.2, 0.25) is 11.8 Å². The van der Waals surface area contributed by atoms with Crippen molar-refractivity contribution in [2.75, 3.05) is 31.7 Å². The quantitative estimate of drug-likeness (QED) is 0.552. The van der Waals surface area contributed by atoms with Gasteiger partial charge in [0.1, 0.15) is 11.9 Å². The molecule has 1 fully saturated rings. The molecule has 1 aliphatic rings. The van der Waals surface area contributed by atoms with Crippen LogP contribution >= 0.6 is 0 Å². The number of pyridine rings is 1. The number of hydrogen-bond donors (Lipinski definition) is 2. The minimum absolute atomic E-state index is 0.134. The van der Waals surface area contributed by atoms with Gasteiger partial charge in [0, 0.05) is 32.0 Å². The van der Waals surface area contributed by atoms with Crippen LogP contribution < -0.4 is 15.5 Å². The summed E-state index contributed by atoms with van der Waals surface area (Å²) in [6.07, 6.45) is 1.66. The van der Waals surface area contributed by atoms with Gasteiger partial charge in [0.15, 0.2) is 0 Å². The van der Waals surface area contributed by atoms with Gasteiger partial charge in [-0.25, -0.2) is 4.98 Å². The number of anilines is 1. The fourth-order valence-corrected chi connectivity index (χ4v) is 2.20. The van der Waals surface area contributed by atoms with E-state index in [2.05, 4.69) is 15.6 Å². The van der Waals surface area contributed by atoms with Crippen molar-refractivity contribution in [3.63, 3.8) is 0 Å². The van der Waals surface area contributed by atoms with Crippen LogP contribution in [0.3, 0.4) is 0 Å². The minimum Gasteiger partial charge on any atom is -0.383 e. The van der Waals surface area contributed by atoms with E-state index < -0.39 is 6.04 Å². The highest BCUT2D eigenvalue weighted by Gasteiger charge is 2.32. The van der Waals surface area contributed by atoms with Gasteiger partial charge in [0.25, 0.3) is 0 Å². The first kappa shape index (κ1) is 15.4. The minimum atomic E-state index is -0.421. The Labute approximate surface area is 123 Å². The maximum absolute atomic E-state index is 11.8. The summed E-state index contributed by atoms with van der Waals surface area (Å²) in [4.78, 5) is 29.4. The van der Waals surface area contributed by atoms with Crippen LogP contribution in [0.15, 0.2) is 18.3 Å². The highest BCUT2D eigenvalue weighted by molar-refractivity contribution is 6.04. The normalized spacial score (nSPS) is 18.8. The van der Waals surface area contributed by atoms with E-state index in [0.717, 1.165) is 12.1 Å². The Kier molecular flexibility index (Phi) is 5.24. The maximum Gasteiger partial charge on any atom is 0.249 e. The van der Waals surface area contributed by atoms with Crippen LogP contribution in [-0.2, 0) is 20.9 Å². The van der Waals surface area contributed by atoms with Gasteiger partial charge in [0.05, 0.1) is 13.2 Å². The lowest BCUT2D eigenvalue weighted by atomic mass is 10.1. The molecule has 0 spiro atoms. The van der Waals surface area contributed by atoms with Crippen LogP contribution in [0.2, 0.25) is 0 Å². The fourth-order valence-electron chi connectivity index (χ4n) is 2.20. The molecule has 0 aromatic carbocycles. The molecule has 1 unspecified atom stereocenters. The predicted octanol–water partition coefficient (Wildman–Crippen LogP) is -0.331. The molecule has 2 heterocycles. The van der Waals surface area contributed by atoms with Crippen LogP contribution in [0.25, 0.3) is 0 Å². The summed E-state index contributed by atoms with van der Waals surface area (Å²) in [5, 5.41) is 5.57. The van der Waals surface area contributed by atoms with Gasteiger partial charge in [-0.3, -0.25) is 14.9 Å². The zero-order valence-electron chi connectivity index (χ0n) is 12.3. The Morgan fingerprint density at radius 1 is 1.52 bits per heavy atom. The zero-order valence-corrected chi connectivity index (χ0v) is 12.3. The molecule has 1 aromatic rings. The summed E-state index contributed by atoms with van der Waals surface area (Å²) < 4.78 is 4.99. The highest BCUT2D eigenvalue weighted by Crippen LogP contribution is 2.21. The second-order valence-corrected chi connectivity index (χ2v) is 4.87. The third kappa shape index (κ3) is 3.77. The lowest BCUT2D eigenvalue weighted by molar-refractivity contribution is -0.132. The first-order valence-corrected chi connectivity index (χ1v) is 6.87. The number of carbonyl (C=O) groups is 2. The van der Waals surface area contributed by atoms with Crippen LogP contribution in [0.1, 0.15) is 12.5 Å². The van der Waals surface area contributed by atoms with E-state index in [0.29, 0.717) is 19.0 Å². The van der Waals surface area contributed by atoms with E-state index in [1.165, 1.54) is 0 Å². The van der Waals surface area contributed by atoms with Crippen LogP contribution in [-0.4, -0.2) is 49.6 Å². The molecule has 7 nitrogen and oxygen atoms in total. The topological polar surface area (TPSA) is 83.6 Å². The van der Waals surface area contributed by atoms with E-state index in [1.54, 1.807) is 25.1 Å². The lowest BCUT2D eigenvalue weighted by Gasteiger charge is -2.33. The molecule has 21 heavy (non-hydrogen) atoms. The molecule has 2 amide bonds. The second-order valence-electron chi connectivity index (χ2n) is 4.87. The lowest BCUT2D eigenvalue weighted by Crippen LogP contribution is -2.57. The predicted molar refractivity (Wildman–Crippen MR) is 77.8 cm³/mol. The summed E-state index contributed by atoms with van der Waals surface area (Å²) in [6, 6.07) is 3.36. The van der Waals surface area contributed by atoms with Gasteiger partial charge >= 0.3 is 0 Å². The van der Waals surface area contributed by atoms with Crippen molar-refractivity contribution in [2.45, 2.75) is 19.5 Å². The molecular weight excluding hydrogens is 272 g/mol. The van der Waals surface area contributed by atoms with Crippen LogP contribution in [0.5, 0.6) is 0 Å². The maximum atomic E-state index is 11.8. The number of carbonyl (C=O) groups excluding carboxylic acids is 2. The van der Waals surface area contributed by atoms with E-state index >= 15 is 0 Å². The molecular formula is C14H20N4O3. The molecule has 0 saturated carbocycles. The molecule has 0 radical (unpaired) electrons. The molecule has 1 aromatic heterocycles. The van der Waals surface area contributed by atoms with Crippen molar-refractivity contribution in [1.82, 2.24) is 15.6 Å². The molecule has 1 atom stereocenters. The number of nitrogens with zero attached hydrogens (tertiary/aromatic N) is 2.